The number of benzene rings is 1. The molecule has 10 heavy (non-hydrogen) atoms. The summed E-state index contributed by atoms with van der Waals surface area (Å²) in [6.45, 7) is 0. The molecule has 0 radical (unpaired) electrons. The lowest BCUT2D eigenvalue weighted by molar-refractivity contribution is 0.0430. The molecule has 2 heteroatoms. The molecule has 0 aromatic heterocycles. The van der Waals surface area contributed by atoms with Crippen molar-refractivity contribution in [3.8, 4) is 0 Å². The van der Waals surface area contributed by atoms with Crippen molar-refractivity contribution >= 4 is 0 Å². The van der Waals surface area contributed by atoms with E-state index < -0.39 is 6.36 Å². The lowest BCUT2D eigenvalue weighted by Crippen LogP contribution is -2.01. The minimum atomic E-state index is -1.73. The second kappa shape index (κ2) is 3.32. The standard InChI is InChI=1S/C8H9FO/c9-8(10)6-7-4-2-1-3-5-7/h1-5,8,10H,6H2/t8-/m1/s1. The van der Waals surface area contributed by atoms with Crippen molar-refractivity contribution in [3.63, 3.8) is 0 Å². The van der Waals surface area contributed by atoms with Crippen molar-refractivity contribution in [1.29, 1.82) is 0 Å². The van der Waals surface area contributed by atoms with Gasteiger partial charge in [0.15, 0.2) is 6.36 Å². The smallest absolute Gasteiger partial charge is 0.200 e. The Hall–Kier alpha value is -0.890. The molecule has 0 bridgehead atoms. The Balaban J connectivity index is 2.59. The fourth-order valence-corrected chi connectivity index (χ4v) is 0.809. The Morgan fingerprint density at radius 1 is 1.30 bits per heavy atom. The molecule has 0 saturated carbocycles. The van der Waals surface area contributed by atoms with Crippen molar-refractivity contribution in [2.45, 2.75) is 12.8 Å². The first-order chi connectivity index (χ1) is 4.79. The van der Waals surface area contributed by atoms with Crippen molar-refractivity contribution in [2.24, 2.45) is 0 Å². The summed E-state index contributed by atoms with van der Waals surface area (Å²) in [7, 11) is 0. The van der Waals surface area contributed by atoms with Gasteiger partial charge in [0.05, 0.1) is 0 Å². The Labute approximate surface area is 59.1 Å². The van der Waals surface area contributed by atoms with Crippen molar-refractivity contribution in [3.05, 3.63) is 35.9 Å². The van der Waals surface area contributed by atoms with Crippen LogP contribution in [0.5, 0.6) is 0 Å². The summed E-state index contributed by atoms with van der Waals surface area (Å²) in [5.74, 6) is 0. The van der Waals surface area contributed by atoms with Crippen LogP contribution >= 0.6 is 0 Å². The number of hydrogen-bond acceptors (Lipinski definition) is 1. The molecular formula is C8H9FO. The first-order valence-corrected chi connectivity index (χ1v) is 3.15. The van der Waals surface area contributed by atoms with Crippen LogP contribution in [0.3, 0.4) is 0 Å². The van der Waals surface area contributed by atoms with Crippen LogP contribution in [0.15, 0.2) is 30.3 Å². The van der Waals surface area contributed by atoms with E-state index in [0.29, 0.717) is 0 Å². The van der Waals surface area contributed by atoms with E-state index >= 15 is 0 Å². The molecule has 1 nitrogen and oxygen atoms in total. The van der Waals surface area contributed by atoms with E-state index in [1.54, 1.807) is 12.1 Å². The molecule has 1 atom stereocenters. The van der Waals surface area contributed by atoms with Gasteiger partial charge in [-0.05, 0) is 5.56 Å². The van der Waals surface area contributed by atoms with Gasteiger partial charge in [-0.3, -0.25) is 0 Å². The maximum absolute atomic E-state index is 11.9. The van der Waals surface area contributed by atoms with Crippen LogP contribution in [0.25, 0.3) is 0 Å². The molecule has 1 rings (SSSR count). The highest BCUT2D eigenvalue weighted by atomic mass is 19.1. The van der Waals surface area contributed by atoms with Crippen molar-refractivity contribution in [2.75, 3.05) is 0 Å². The van der Waals surface area contributed by atoms with Crippen molar-refractivity contribution < 1.29 is 9.50 Å². The summed E-state index contributed by atoms with van der Waals surface area (Å²) in [6.07, 6.45) is -1.65. The predicted octanol–water partition coefficient (Wildman–Crippen LogP) is 1.52. The molecule has 0 amide bonds. The third kappa shape index (κ3) is 2.15. The number of alkyl halides is 1. The Kier molecular flexibility index (Phi) is 2.40. The fraction of sp³-hybridized carbons (Fsp3) is 0.250. The Morgan fingerprint density at radius 2 is 1.90 bits per heavy atom. The van der Waals surface area contributed by atoms with Crippen LogP contribution in [-0.2, 0) is 6.42 Å². The van der Waals surface area contributed by atoms with Crippen molar-refractivity contribution in [1.82, 2.24) is 0 Å². The minimum absolute atomic E-state index is 0.0842. The van der Waals surface area contributed by atoms with E-state index in [-0.39, 0.29) is 6.42 Å². The molecule has 0 heterocycles. The SMILES string of the molecule is O[C@@H](F)Cc1ccccc1. The molecule has 0 saturated heterocycles. The van der Waals surface area contributed by atoms with Gasteiger partial charge >= 0.3 is 0 Å². The zero-order valence-corrected chi connectivity index (χ0v) is 5.50. The number of hydrogen-bond donors (Lipinski definition) is 1. The largest absolute Gasteiger partial charge is 0.364 e. The molecule has 0 unspecified atom stereocenters. The predicted molar refractivity (Wildman–Crippen MR) is 37.3 cm³/mol. The van der Waals surface area contributed by atoms with Crippen LogP contribution in [-0.4, -0.2) is 11.5 Å². The summed E-state index contributed by atoms with van der Waals surface area (Å²) in [5, 5.41) is 8.34. The molecule has 0 aliphatic carbocycles. The highest BCUT2D eigenvalue weighted by Gasteiger charge is 1.99. The van der Waals surface area contributed by atoms with Crippen LogP contribution in [0, 0.1) is 0 Å². The first-order valence-electron chi connectivity index (χ1n) is 3.15. The topological polar surface area (TPSA) is 20.2 Å². The van der Waals surface area contributed by atoms with Gasteiger partial charge in [0.2, 0.25) is 0 Å². The van der Waals surface area contributed by atoms with Crippen LogP contribution in [0.2, 0.25) is 0 Å². The number of aliphatic hydroxyl groups excluding tert-OH is 1. The summed E-state index contributed by atoms with van der Waals surface area (Å²) in [4.78, 5) is 0. The second-order valence-corrected chi connectivity index (χ2v) is 2.12. The van der Waals surface area contributed by atoms with Gasteiger partial charge in [0.1, 0.15) is 0 Å². The fourth-order valence-electron chi connectivity index (χ4n) is 0.809. The van der Waals surface area contributed by atoms with Crippen LogP contribution < -0.4 is 0 Å². The van der Waals surface area contributed by atoms with E-state index in [4.69, 9.17) is 5.11 Å². The van der Waals surface area contributed by atoms with Crippen LogP contribution in [0.4, 0.5) is 4.39 Å². The highest BCUT2D eigenvalue weighted by molar-refractivity contribution is 5.14. The summed E-state index contributed by atoms with van der Waals surface area (Å²) < 4.78 is 11.9. The van der Waals surface area contributed by atoms with Gasteiger partial charge in [-0.25, -0.2) is 4.39 Å². The lowest BCUT2D eigenvalue weighted by Gasteiger charge is -1.98. The van der Waals surface area contributed by atoms with Crippen LogP contribution in [0.1, 0.15) is 5.56 Å². The molecule has 1 aromatic carbocycles. The number of aliphatic hydroxyl groups is 1. The molecule has 0 fully saturated rings. The first kappa shape index (κ1) is 7.22. The molecule has 54 valence electrons. The highest BCUT2D eigenvalue weighted by Crippen LogP contribution is 2.02. The van der Waals surface area contributed by atoms with E-state index in [0.717, 1.165) is 5.56 Å². The zero-order valence-electron chi connectivity index (χ0n) is 5.50. The maximum atomic E-state index is 11.9. The third-order valence-corrected chi connectivity index (χ3v) is 1.25. The Bertz CT molecular complexity index is 184. The summed E-state index contributed by atoms with van der Waals surface area (Å²) >= 11 is 0. The summed E-state index contributed by atoms with van der Waals surface area (Å²) in [5.41, 5.74) is 0.817. The number of halogens is 1. The van der Waals surface area contributed by atoms with E-state index in [1.807, 2.05) is 18.2 Å². The quantitative estimate of drug-likeness (QED) is 0.660. The van der Waals surface area contributed by atoms with E-state index in [2.05, 4.69) is 0 Å². The normalized spacial score (nSPS) is 13.0. The third-order valence-electron chi connectivity index (χ3n) is 1.25. The average Bonchev–Trinajstić information content (AvgIpc) is 1.88. The van der Waals surface area contributed by atoms with Gasteiger partial charge in [0.25, 0.3) is 0 Å². The lowest BCUT2D eigenvalue weighted by atomic mass is 10.2. The molecular weight excluding hydrogens is 131 g/mol. The van der Waals surface area contributed by atoms with Gasteiger partial charge in [-0.15, -0.1) is 0 Å². The molecule has 0 spiro atoms. The van der Waals surface area contributed by atoms with Gasteiger partial charge in [0, 0.05) is 6.42 Å². The van der Waals surface area contributed by atoms with Gasteiger partial charge in [-0.1, -0.05) is 30.3 Å². The van der Waals surface area contributed by atoms with E-state index in [9.17, 15) is 4.39 Å². The molecule has 1 aromatic rings. The summed E-state index contributed by atoms with van der Waals surface area (Å²) in [6, 6.07) is 9.05. The molecule has 1 N–H and O–H groups in total. The van der Waals surface area contributed by atoms with Gasteiger partial charge in [-0.2, -0.15) is 0 Å². The van der Waals surface area contributed by atoms with E-state index in [1.165, 1.54) is 0 Å². The minimum Gasteiger partial charge on any atom is -0.364 e. The Morgan fingerprint density at radius 3 is 2.40 bits per heavy atom. The average molecular weight is 140 g/mol. The zero-order chi connectivity index (χ0) is 7.40. The maximum Gasteiger partial charge on any atom is 0.200 e. The number of rotatable bonds is 2. The second-order valence-electron chi connectivity index (χ2n) is 2.12. The molecule has 0 aliphatic rings. The monoisotopic (exact) mass is 140 g/mol. The van der Waals surface area contributed by atoms with Gasteiger partial charge < -0.3 is 5.11 Å². The molecule has 0 aliphatic heterocycles.